The highest BCUT2D eigenvalue weighted by molar-refractivity contribution is 5.90. The smallest absolute Gasteiger partial charge is 0.420 e. The molecule has 0 radical (unpaired) electrons. The molecule has 0 aliphatic carbocycles. The highest BCUT2D eigenvalue weighted by Gasteiger charge is 2.66. The minimum absolute atomic E-state index is 0.0433. The SMILES string of the molecule is CC(C)(C)OC(=O)N1CCC[C@]1(C(N)=O)C(F)(F)F. The van der Waals surface area contributed by atoms with Crippen molar-refractivity contribution in [3.63, 3.8) is 0 Å². The normalized spacial score (nSPS) is 24.4. The summed E-state index contributed by atoms with van der Waals surface area (Å²) in [5.74, 6) is -1.58. The second-order valence-corrected chi connectivity index (χ2v) is 5.46. The van der Waals surface area contributed by atoms with Crippen LogP contribution in [0.1, 0.15) is 33.6 Å². The molecule has 1 aliphatic rings. The van der Waals surface area contributed by atoms with Crippen LogP contribution >= 0.6 is 0 Å². The van der Waals surface area contributed by atoms with E-state index in [1.165, 1.54) is 20.8 Å². The Kier molecular flexibility index (Phi) is 3.75. The van der Waals surface area contributed by atoms with Gasteiger partial charge >= 0.3 is 12.3 Å². The van der Waals surface area contributed by atoms with E-state index >= 15 is 0 Å². The van der Waals surface area contributed by atoms with Crippen LogP contribution in [0.15, 0.2) is 0 Å². The average molecular weight is 282 g/mol. The van der Waals surface area contributed by atoms with Gasteiger partial charge < -0.3 is 10.5 Å². The molecule has 1 saturated heterocycles. The lowest BCUT2D eigenvalue weighted by Gasteiger charge is -2.37. The zero-order valence-corrected chi connectivity index (χ0v) is 11.0. The summed E-state index contributed by atoms with van der Waals surface area (Å²) in [5.41, 5.74) is 0.990. The number of hydrogen-bond donors (Lipinski definition) is 1. The Balaban J connectivity index is 3.12. The van der Waals surface area contributed by atoms with Crippen LogP contribution in [-0.2, 0) is 9.53 Å². The second kappa shape index (κ2) is 4.57. The lowest BCUT2D eigenvalue weighted by molar-refractivity contribution is -0.216. The molecule has 0 saturated carbocycles. The third-order valence-corrected chi connectivity index (χ3v) is 2.87. The minimum atomic E-state index is -4.92. The molecule has 0 spiro atoms. The van der Waals surface area contributed by atoms with E-state index in [0.717, 1.165) is 0 Å². The van der Waals surface area contributed by atoms with Crippen molar-refractivity contribution in [3.8, 4) is 0 Å². The molecule has 1 fully saturated rings. The first-order valence-electron chi connectivity index (χ1n) is 5.79. The molecule has 8 heteroatoms. The van der Waals surface area contributed by atoms with Crippen LogP contribution in [0.5, 0.6) is 0 Å². The molecule has 2 amide bonds. The number of ether oxygens (including phenoxy) is 1. The summed E-state index contributed by atoms with van der Waals surface area (Å²) in [7, 11) is 0. The molecule has 1 rings (SSSR count). The molecule has 0 bridgehead atoms. The van der Waals surface area contributed by atoms with Crippen molar-refractivity contribution in [2.45, 2.75) is 50.9 Å². The van der Waals surface area contributed by atoms with Gasteiger partial charge in [-0.3, -0.25) is 9.69 Å². The summed E-state index contributed by atoms with van der Waals surface area (Å²) < 4.78 is 44.4. The van der Waals surface area contributed by atoms with Crippen molar-refractivity contribution in [2.75, 3.05) is 6.54 Å². The van der Waals surface area contributed by atoms with E-state index in [1.54, 1.807) is 0 Å². The predicted octanol–water partition coefficient (Wildman–Crippen LogP) is 1.80. The number of halogens is 3. The van der Waals surface area contributed by atoms with E-state index in [9.17, 15) is 22.8 Å². The molecular formula is C11H17F3N2O3. The quantitative estimate of drug-likeness (QED) is 0.797. The Morgan fingerprint density at radius 1 is 1.26 bits per heavy atom. The molecule has 0 aromatic carbocycles. The fraction of sp³-hybridized carbons (Fsp3) is 0.818. The Bertz CT molecular complexity index is 390. The molecule has 1 atom stereocenters. The van der Waals surface area contributed by atoms with Gasteiger partial charge in [-0.15, -0.1) is 0 Å². The number of carbonyl (C=O) groups is 2. The van der Waals surface area contributed by atoms with E-state index in [-0.39, 0.29) is 13.0 Å². The maximum Gasteiger partial charge on any atom is 0.420 e. The van der Waals surface area contributed by atoms with Crippen molar-refractivity contribution in [1.29, 1.82) is 0 Å². The minimum Gasteiger partial charge on any atom is -0.444 e. The summed E-state index contributed by atoms with van der Waals surface area (Å²) in [6.07, 6.45) is -6.60. The van der Waals surface area contributed by atoms with Gasteiger partial charge in [-0.05, 0) is 33.6 Å². The number of alkyl halides is 3. The number of amides is 2. The summed E-state index contributed by atoms with van der Waals surface area (Å²) in [4.78, 5) is 23.5. The molecule has 0 unspecified atom stereocenters. The van der Waals surface area contributed by atoms with Crippen LogP contribution in [0.2, 0.25) is 0 Å². The number of nitrogens with zero attached hydrogens (tertiary/aromatic N) is 1. The maximum absolute atomic E-state index is 13.2. The van der Waals surface area contributed by atoms with Crippen LogP contribution in [0, 0.1) is 0 Å². The molecule has 1 aliphatic heterocycles. The summed E-state index contributed by atoms with van der Waals surface area (Å²) in [6, 6.07) is 0. The fourth-order valence-corrected chi connectivity index (χ4v) is 2.07. The lowest BCUT2D eigenvalue weighted by Crippen LogP contribution is -2.65. The van der Waals surface area contributed by atoms with E-state index in [4.69, 9.17) is 10.5 Å². The zero-order chi connectivity index (χ0) is 15.1. The van der Waals surface area contributed by atoms with Crippen molar-refractivity contribution in [2.24, 2.45) is 5.73 Å². The van der Waals surface area contributed by atoms with Gasteiger partial charge in [-0.1, -0.05) is 0 Å². The van der Waals surface area contributed by atoms with Crippen LogP contribution in [0.4, 0.5) is 18.0 Å². The van der Waals surface area contributed by atoms with Crippen molar-refractivity contribution in [3.05, 3.63) is 0 Å². The first-order chi connectivity index (χ1) is 8.42. The molecule has 19 heavy (non-hydrogen) atoms. The second-order valence-electron chi connectivity index (χ2n) is 5.46. The highest BCUT2D eigenvalue weighted by atomic mass is 19.4. The number of carbonyl (C=O) groups excluding carboxylic acids is 2. The molecule has 0 aromatic heterocycles. The number of nitrogens with two attached hydrogens (primary N) is 1. The Labute approximate surface area is 108 Å². The van der Waals surface area contributed by atoms with E-state index in [2.05, 4.69) is 0 Å². The number of primary amides is 1. The highest BCUT2D eigenvalue weighted by Crippen LogP contribution is 2.43. The third kappa shape index (κ3) is 2.76. The van der Waals surface area contributed by atoms with Gasteiger partial charge in [0.25, 0.3) is 5.91 Å². The average Bonchev–Trinajstić information content (AvgIpc) is 2.57. The first kappa shape index (κ1) is 15.6. The third-order valence-electron chi connectivity index (χ3n) is 2.87. The number of likely N-dealkylation sites (tertiary alicyclic amines) is 1. The number of hydrogen-bond acceptors (Lipinski definition) is 3. The summed E-state index contributed by atoms with van der Waals surface area (Å²) >= 11 is 0. The zero-order valence-electron chi connectivity index (χ0n) is 11.0. The van der Waals surface area contributed by atoms with Gasteiger partial charge in [0.05, 0.1) is 0 Å². The Morgan fingerprint density at radius 3 is 2.16 bits per heavy atom. The van der Waals surface area contributed by atoms with E-state index in [0.29, 0.717) is 4.90 Å². The molecule has 1 heterocycles. The van der Waals surface area contributed by atoms with Crippen LogP contribution in [0.3, 0.4) is 0 Å². The monoisotopic (exact) mass is 282 g/mol. The predicted molar refractivity (Wildman–Crippen MR) is 60.2 cm³/mol. The van der Waals surface area contributed by atoms with Crippen molar-refractivity contribution >= 4 is 12.0 Å². The largest absolute Gasteiger partial charge is 0.444 e. The summed E-state index contributed by atoms with van der Waals surface area (Å²) in [5, 5.41) is 0. The van der Waals surface area contributed by atoms with Gasteiger partial charge in [-0.2, -0.15) is 13.2 Å². The summed E-state index contributed by atoms with van der Waals surface area (Å²) in [6.45, 7) is 4.37. The number of rotatable bonds is 1. The Morgan fingerprint density at radius 2 is 1.79 bits per heavy atom. The van der Waals surface area contributed by atoms with Crippen molar-refractivity contribution in [1.82, 2.24) is 4.90 Å². The molecule has 110 valence electrons. The first-order valence-corrected chi connectivity index (χ1v) is 5.79. The van der Waals surface area contributed by atoms with Crippen LogP contribution in [-0.4, -0.2) is 40.8 Å². The van der Waals surface area contributed by atoms with Gasteiger partial charge in [-0.25, -0.2) is 4.79 Å². The van der Waals surface area contributed by atoms with E-state index in [1.807, 2.05) is 0 Å². The van der Waals surface area contributed by atoms with Crippen LogP contribution < -0.4 is 5.73 Å². The standard InChI is InChI=1S/C11H17F3N2O3/c1-9(2,3)19-8(18)16-6-4-5-10(16,7(15)17)11(12,13)14/h4-6H2,1-3H3,(H2,15,17)/t10-/m0/s1. The Hall–Kier alpha value is -1.47. The van der Waals surface area contributed by atoms with Crippen molar-refractivity contribution < 1.29 is 27.5 Å². The van der Waals surface area contributed by atoms with Gasteiger partial charge in [0.1, 0.15) is 5.60 Å². The van der Waals surface area contributed by atoms with Gasteiger partial charge in [0.15, 0.2) is 0 Å². The molecule has 0 aromatic rings. The molecule has 5 nitrogen and oxygen atoms in total. The van der Waals surface area contributed by atoms with E-state index < -0.39 is 35.7 Å². The van der Waals surface area contributed by atoms with Gasteiger partial charge in [0.2, 0.25) is 5.54 Å². The van der Waals surface area contributed by atoms with Gasteiger partial charge in [0, 0.05) is 6.54 Å². The lowest BCUT2D eigenvalue weighted by atomic mass is 9.94. The topological polar surface area (TPSA) is 72.6 Å². The fourth-order valence-electron chi connectivity index (χ4n) is 2.07. The van der Waals surface area contributed by atoms with Crippen LogP contribution in [0.25, 0.3) is 0 Å². The maximum atomic E-state index is 13.2. The molecule has 2 N–H and O–H groups in total. The molecular weight excluding hydrogens is 265 g/mol.